The fourth-order valence-corrected chi connectivity index (χ4v) is 3.14. The molecule has 0 saturated carbocycles. The summed E-state index contributed by atoms with van der Waals surface area (Å²) in [5.41, 5.74) is 1.41. The van der Waals surface area contributed by atoms with E-state index in [0.717, 1.165) is 11.4 Å². The fourth-order valence-electron chi connectivity index (χ4n) is 3.14. The molecule has 0 saturated heterocycles. The van der Waals surface area contributed by atoms with Crippen LogP contribution in [0.1, 0.15) is 18.2 Å². The quantitative estimate of drug-likeness (QED) is 0.453. The molecule has 146 valence electrons. The zero-order valence-corrected chi connectivity index (χ0v) is 15.6. The van der Waals surface area contributed by atoms with Crippen molar-refractivity contribution in [1.82, 2.24) is 24.5 Å². The predicted molar refractivity (Wildman–Crippen MR) is 98.3 cm³/mol. The molecular weight excluding hydrogens is 364 g/mol. The van der Waals surface area contributed by atoms with E-state index in [0.29, 0.717) is 26.1 Å². The first-order valence-corrected chi connectivity index (χ1v) is 8.89. The Balaban J connectivity index is 1.31. The van der Waals surface area contributed by atoms with Gasteiger partial charge in [-0.15, -0.1) is 5.10 Å². The summed E-state index contributed by atoms with van der Waals surface area (Å²) in [6, 6.07) is 8.15. The number of fused-ring (bicyclic) bond motifs is 1. The summed E-state index contributed by atoms with van der Waals surface area (Å²) in [5.74, 6) is 0.613. The summed E-state index contributed by atoms with van der Waals surface area (Å²) < 4.78 is 14.9. The van der Waals surface area contributed by atoms with Crippen LogP contribution >= 0.6 is 0 Å². The molecule has 0 amide bonds. The first kappa shape index (κ1) is 18.0. The lowest BCUT2D eigenvalue weighted by Crippen LogP contribution is -2.36. The first-order valence-electron chi connectivity index (χ1n) is 8.89. The van der Waals surface area contributed by atoms with Crippen molar-refractivity contribution in [3.05, 3.63) is 58.0 Å². The second-order valence-electron chi connectivity index (χ2n) is 7.14. The molecule has 1 aliphatic heterocycles. The molecule has 3 aromatic rings. The minimum atomic E-state index is -0.596. The Bertz CT molecular complexity index is 970. The van der Waals surface area contributed by atoms with Crippen LogP contribution in [-0.2, 0) is 19.5 Å². The van der Waals surface area contributed by atoms with Gasteiger partial charge in [-0.2, -0.15) is 0 Å². The Morgan fingerprint density at radius 3 is 2.82 bits per heavy atom. The monoisotopic (exact) mass is 384 g/mol. The van der Waals surface area contributed by atoms with Crippen molar-refractivity contribution in [2.45, 2.75) is 39.0 Å². The Morgan fingerprint density at radius 2 is 2.11 bits per heavy atom. The molecule has 2 aromatic heterocycles. The highest BCUT2D eigenvalue weighted by atomic mass is 16.6. The molecule has 10 heteroatoms. The molecule has 0 radical (unpaired) electrons. The summed E-state index contributed by atoms with van der Waals surface area (Å²) in [4.78, 5) is 14.1. The minimum absolute atomic E-state index is 0.214. The van der Waals surface area contributed by atoms with Crippen LogP contribution in [0.5, 0.6) is 11.8 Å². The normalized spacial score (nSPS) is 17.9. The van der Waals surface area contributed by atoms with E-state index in [1.54, 1.807) is 9.25 Å². The van der Waals surface area contributed by atoms with Gasteiger partial charge in [0.1, 0.15) is 17.5 Å². The molecule has 1 aromatic carbocycles. The lowest BCUT2D eigenvalue weighted by molar-refractivity contribution is -0.389. The molecule has 1 atom stereocenters. The summed E-state index contributed by atoms with van der Waals surface area (Å²) >= 11 is 0. The topological polar surface area (TPSA) is 110 Å². The highest BCUT2D eigenvalue weighted by molar-refractivity contribution is 5.26. The van der Waals surface area contributed by atoms with Gasteiger partial charge in [0.05, 0.1) is 25.4 Å². The number of nitrogens with zero attached hydrogens (tertiary/aromatic N) is 6. The second-order valence-corrected chi connectivity index (χ2v) is 7.14. The third-order valence-electron chi connectivity index (χ3n) is 4.49. The smallest absolute Gasteiger partial charge is 0.415 e. The Labute approximate surface area is 160 Å². The van der Waals surface area contributed by atoms with E-state index in [9.17, 15) is 10.1 Å². The molecule has 0 N–H and O–H groups in total. The molecule has 0 unspecified atom stereocenters. The van der Waals surface area contributed by atoms with E-state index in [4.69, 9.17) is 9.47 Å². The summed E-state index contributed by atoms with van der Waals surface area (Å²) in [7, 11) is 0. The van der Waals surface area contributed by atoms with E-state index >= 15 is 0 Å². The zero-order valence-electron chi connectivity index (χ0n) is 15.6. The maximum atomic E-state index is 10.8. The molecule has 1 aliphatic rings. The number of imidazole rings is 1. The van der Waals surface area contributed by atoms with Crippen molar-refractivity contribution < 1.29 is 14.4 Å². The first-order chi connectivity index (χ1) is 13.4. The van der Waals surface area contributed by atoms with Crippen LogP contribution in [0.15, 0.2) is 36.7 Å². The van der Waals surface area contributed by atoms with Crippen LogP contribution in [0.3, 0.4) is 0 Å². The fraction of sp³-hybridized carbons (Fsp3) is 0.389. The molecule has 0 bridgehead atoms. The second kappa shape index (κ2) is 6.95. The molecule has 0 aliphatic carbocycles. The average Bonchev–Trinajstić information content (AvgIpc) is 3.30. The summed E-state index contributed by atoms with van der Waals surface area (Å²) in [6.45, 7) is 5.36. The molecule has 0 fully saturated rings. The Hall–Kier alpha value is -3.43. The number of aromatic nitrogens is 5. The van der Waals surface area contributed by atoms with E-state index in [1.165, 1.54) is 11.8 Å². The molecule has 10 nitrogen and oxygen atoms in total. The third kappa shape index (κ3) is 3.80. The predicted octanol–water partition coefficient (Wildman–Crippen LogP) is 2.16. The Kier molecular flexibility index (Phi) is 4.46. The van der Waals surface area contributed by atoms with Crippen LogP contribution in [0.4, 0.5) is 5.82 Å². The van der Waals surface area contributed by atoms with Gasteiger partial charge in [-0.25, -0.2) is 4.68 Å². The number of ether oxygens (including phenoxy) is 2. The maximum Gasteiger partial charge on any atom is 0.415 e. The highest BCUT2D eigenvalue weighted by Gasteiger charge is 2.40. The third-order valence-corrected chi connectivity index (χ3v) is 4.49. The maximum absolute atomic E-state index is 10.8. The van der Waals surface area contributed by atoms with Crippen LogP contribution in [0.25, 0.3) is 0 Å². The lowest BCUT2D eigenvalue weighted by atomic mass is 10.1. The van der Waals surface area contributed by atoms with Crippen molar-refractivity contribution in [3.63, 3.8) is 0 Å². The number of hydrogen-bond donors (Lipinski definition) is 0. The van der Waals surface area contributed by atoms with Gasteiger partial charge in [-0.05, 0) is 30.9 Å². The average molecular weight is 384 g/mol. The van der Waals surface area contributed by atoms with Gasteiger partial charge < -0.3 is 19.6 Å². The van der Waals surface area contributed by atoms with Crippen molar-refractivity contribution in [2.24, 2.45) is 0 Å². The van der Waals surface area contributed by atoms with Gasteiger partial charge in [-0.3, -0.25) is 4.57 Å². The van der Waals surface area contributed by atoms with Crippen molar-refractivity contribution in [2.75, 3.05) is 6.61 Å². The molecular formula is C18H20N6O4. The lowest BCUT2D eigenvalue weighted by Gasteiger charge is -2.21. The zero-order chi connectivity index (χ0) is 19.7. The Morgan fingerprint density at radius 1 is 1.32 bits per heavy atom. The van der Waals surface area contributed by atoms with Crippen molar-refractivity contribution in [3.8, 4) is 11.8 Å². The van der Waals surface area contributed by atoms with Gasteiger partial charge in [0.25, 0.3) is 0 Å². The number of rotatable bonds is 7. The van der Waals surface area contributed by atoms with Crippen molar-refractivity contribution in [1.29, 1.82) is 0 Å². The van der Waals surface area contributed by atoms with Gasteiger partial charge in [0, 0.05) is 17.6 Å². The molecule has 3 heterocycles. The van der Waals surface area contributed by atoms with Gasteiger partial charge in [-0.1, -0.05) is 22.9 Å². The molecule has 4 rings (SSSR count). The van der Waals surface area contributed by atoms with E-state index in [1.807, 2.05) is 44.3 Å². The van der Waals surface area contributed by atoms with E-state index < -0.39 is 10.5 Å². The number of nitro groups is 1. The number of benzene rings is 1. The van der Waals surface area contributed by atoms with Crippen LogP contribution in [0, 0.1) is 17.0 Å². The van der Waals surface area contributed by atoms with Crippen LogP contribution in [0.2, 0.25) is 0 Å². The molecule has 0 spiro atoms. The van der Waals surface area contributed by atoms with E-state index in [2.05, 4.69) is 15.3 Å². The summed E-state index contributed by atoms with van der Waals surface area (Å²) in [6.07, 6.45) is 3.88. The highest BCUT2D eigenvalue weighted by Crippen LogP contribution is 2.31. The minimum Gasteiger partial charge on any atom is -0.493 e. The SMILES string of the molecule is Cc1ccc(OCCc2cn(C[C@@]3(C)Cn4cc([N+](=O)[O-])nc4O3)nn2)cc1. The largest absolute Gasteiger partial charge is 0.493 e. The van der Waals surface area contributed by atoms with E-state index in [-0.39, 0.29) is 11.8 Å². The van der Waals surface area contributed by atoms with Gasteiger partial charge in [0.2, 0.25) is 0 Å². The standard InChI is InChI=1S/C18H20N6O4/c1-13-3-5-15(6-4-13)27-8-7-14-9-23(21-20-14)12-18(2)11-22-10-16(24(25)26)19-17(22)28-18/h3-6,9-10H,7-8,11-12H2,1-2H3/t18-/m1/s1. The summed E-state index contributed by atoms with van der Waals surface area (Å²) in [5, 5.41) is 19.1. The van der Waals surface area contributed by atoms with Gasteiger partial charge >= 0.3 is 11.8 Å². The van der Waals surface area contributed by atoms with Crippen LogP contribution in [-0.4, -0.2) is 41.7 Å². The number of aryl methyl sites for hydroxylation is 1. The molecule has 28 heavy (non-hydrogen) atoms. The van der Waals surface area contributed by atoms with Gasteiger partial charge in [0.15, 0.2) is 0 Å². The number of hydrogen-bond acceptors (Lipinski definition) is 7. The van der Waals surface area contributed by atoms with Crippen LogP contribution < -0.4 is 9.47 Å². The van der Waals surface area contributed by atoms with Crippen molar-refractivity contribution >= 4 is 5.82 Å².